The Kier molecular flexibility index (Phi) is 4.52. The fraction of sp³-hybridized carbons (Fsp3) is 0.769. The number of primary amides is 1. The number of carbonyl (C=O) groups is 1. The molecule has 0 saturated carbocycles. The Morgan fingerprint density at radius 3 is 2.79 bits per heavy atom. The Labute approximate surface area is 113 Å². The highest BCUT2D eigenvalue weighted by molar-refractivity contribution is 5.76. The van der Waals surface area contributed by atoms with Gasteiger partial charge in [-0.1, -0.05) is 12.1 Å². The summed E-state index contributed by atoms with van der Waals surface area (Å²) < 4.78 is 5.31. The summed E-state index contributed by atoms with van der Waals surface area (Å²) in [7, 11) is 0. The van der Waals surface area contributed by atoms with E-state index < -0.39 is 0 Å². The van der Waals surface area contributed by atoms with Crippen molar-refractivity contribution in [2.75, 3.05) is 13.1 Å². The fourth-order valence-electron chi connectivity index (χ4n) is 2.49. The van der Waals surface area contributed by atoms with Gasteiger partial charge in [0.1, 0.15) is 0 Å². The number of nitrogens with zero attached hydrogens (tertiary/aromatic N) is 3. The highest BCUT2D eigenvalue weighted by atomic mass is 16.5. The maximum atomic E-state index is 11.1. The molecule has 6 heteroatoms. The molecule has 1 aliphatic heterocycles. The first-order valence-electron chi connectivity index (χ1n) is 6.97. The molecule has 0 bridgehead atoms. The van der Waals surface area contributed by atoms with Crippen LogP contribution in [0.3, 0.4) is 0 Å². The zero-order valence-corrected chi connectivity index (χ0v) is 11.6. The first-order chi connectivity index (χ1) is 9.11. The van der Waals surface area contributed by atoms with E-state index in [2.05, 4.69) is 28.9 Å². The Bertz CT molecular complexity index is 424. The van der Waals surface area contributed by atoms with Crippen molar-refractivity contribution in [1.29, 1.82) is 0 Å². The lowest BCUT2D eigenvalue weighted by atomic mass is 9.95. The first kappa shape index (κ1) is 14.0. The van der Waals surface area contributed by atoms with E-state index in [0.29, 0.717) is 5.89 Å². The van der Waals surface area contributed by atoms with Gasteiger partial charge in [-0.3, -0.25) is 9.69 Å². The zero-order chi connectivity index (χ0) is 13.8. The van der Waals surface area contributed by atoms with E-state index in [0.717, 1.165) is 44.6 Å². The average Bonchev–Trinajstić information content (AvgIpc) is 2.87. The summed E-state index contributed by atoms with van der Waals surface area (Å²) >= 11 is 0. The summed E-state index contributed by atoms with van der Waals surface area (Å²) in [5.74, 6) is 1.27. The second-order valence-electron chi connectivity index (χ2n) is 5.19. The van der Waals surface area contributed by atoms with Gasteiger partial charge in [0.05, 0.1) is 6.04 Å². The molecular formula is C13H22N4O2. The van der Waals surface area contributed by atoms with Crippen molar-refractivity contribution in [3.63, 3.8) is 0 Å². The molecule has 2 N–H and O–H groups in total. The van der Waals surface area contributed by atoms with Crippen LogP contribution in [0.15, 0.2) is 4.52 Å². The summed E-state index contributed by atoms with van der Waals surface area (Å²) in [6.07, 6.45) is 3.49. The summed E-state index contributed by atoms with van der Waals surface area (Å²) in [6, 6.07) is 0.104. The summed E-state index contributed by atoms with van der Waals surface area (Å²) in [6.45, 7) is 5.85. The molecule has 1 aromatic rings. The Morgan fingerprint density at radius 1 is 1.53 bits per heavy atom. The van der Waals surface area contributed by atoms with Gasteiger partial charge in [-0.15, -0.1) is 0 Å². The smallest absolute Gasteiger partial charge is 0.243 e. The van der Waals surface area contributed by atoms with Crippen molar-refractivity contribution in [3.8, 4) is 0 Å². The predicted octanol–water partition coefficient (Wildman–Crippen LogP) is 1.28. The molecule has 1 amide bonds. The van der Waals surface area contributed by atoms with Gasteiger partial charge < -0.3 is 10.3 Å². The van der Waals surface area contributed by atoms with Crippen molar-refractivity contribution >= 4 is 5.91 Å². The number of piperidine rings is 1. The molecule has 1 saturated heterocycles. The molecule has 0 aromatic carbocycles. The van der Waals surface area contributed by atoms with Crippen LogP contribution in [0.25, 0.3) is 0 Å². The lowest BCUT2D eigenvalue weighted by molar-refractivity contribution is -0.123. The molecule has 1 aliphatic rings. The van der Waals surface area contributed by atoms with Gasteiger partial charge in [0.25, 0.3) is 0 Å². The maximum absolute atomic E-state index is 11.1. The molecule has 1 atom stereocenters. The van der Waals surface area contributed by atoms with Crippen molar-refractivity contribution in [3.05, 3.63) is 11.7 Å². The molecule has 0 radical (unpaired) electrons. The molecule has 106 valence electrons. The summed E-state index contributed by atoms with van der Waals surface area (Å²) in [5, 5.41) is 3.98. The Morgan fingerprint density at radius 2 is 2.21 bits per heavy atom. The lowest BCUT2D eigenvalue weighted by Gasteiger charge is -2.33. The molecule has 6 nitrogen and oxygen atoms in total. The number of hydrogen-bond acceptors (Lipinski definition) is 5. The molecule has 1 aromatic heterocycles. The van der Waals surface area contributed by atoms with E-state index in [1.807, 2.05) is 0 Å². The van der Waals surface area contributed by atoms with Crippen molar-refractivity contribution in [2.24, 2.45) is 11.7 Å². The second kappa shape index (κ2) is 6.14. The molecule has 0 aliphatic carbocycles. The number of hydrogen-bond donors (Lipinski definition) is 1. The standard InChI is InChI=1S/C13H22N4O2/c1-3-4-11-15-13(19-16-11)9(2)17-7-5-10(6-8-17)12(14)18/h9-10H,3-8H2,1-2H3,(H2,14,18). The van der Waals surface area contributed by atoms with E-state index >= 15 is 0 Å². The van der Waals surface area contributed by atoms with Crippen LogP contribution in [-0.2, 0) is 11.2 Å². The zero-order valence-electron chi connectivity index (χ0n) is 11.6. The minimum atomic E-state index is -0.185. The van der Waals surface area contributed by atoms with Gasteiger partial charge in [-0.05, 0) is 39.3 Å². The highest BCUT2D eigenvalue weighted by Gasteiger charge is 2.28. The monoisotopic (exact) mass is 266 g/mol. The van der Waals surface area contributed by atoms with Gasteiger partial charge in [0, 0.05) is 12.3 Å². The molecular weight excluding hydrogens is 244 g/mol. The summed E-state index contributed by atoms with van der Waals surface area (Å²) in [4.78, 5) is 17.8. The van der Waals surface area contributed by atoms with E-state index in [1.54, 1.807) is 0 Å². The van der Waals surface area contributed by atoms with Crippen LogP contribution < -0.4 is 5.73 Å². The van der Waals surface area contributed by atoms with Crippen LogP contribution in [0.2, 0.25) is 0 Å². The van der Waals surface area contributed by atoms with Crippen LogP contribution in [0.1, 0.15) is 50.9 Å². The van der Waals surface area contributed by atoms with Crippen molar-refractivity contribution < 1.29 is 9.32 Å². The predicted molar refractivity (Wildman–Crippen MR) is 70.2 cm³/mol. The molecule has 19 heavy (non-hydrogen) atoms. The number of nitrogens with two attached hydrogens (primary N) is 1. The highest BCUT2D eigenvalue weighted by Crippen LogP contribution is 2.25. The lowest BCUT2D eigenvalue weighted by Crippen LogP contribution is -2.39. The van der Waals surface area contributed by atoms with E-state index in [-0.39, 0.29) is 17.9 Å². The van der Waals surface area contributed by atoms with Gasteiger partial charge in [-0.25, -0.2) is 0 Å². The van der Waals surface area contributed by atoms with Gasteiger partial charge in [0.15, 0.2) is 5.82 Å². The number of aryl methyl sites for hydroxylation is 1. The molecule has 1 unspecified atom stereocenters. The number of rotatable bonds is 5. The number of carbonyl (C=O) groups excluding carboxylic acids is 1. The average molecular weight is 266 g/mol. The third-order valence-electron chi connectivity index (χ3n) is 3.79. The Balaban J connectivity index is 1.92. The molecule has 0 spiro atoms. The SMILES string of the molecule is CCCc1noc(C(C)N2CCC(C(N)=O)CC2)n1. The van der Waals surface area contributed by atoms with Crippen LogP contribution in [0, 0.1) is 5.92 Å². The Hall–Kier alpha value is -1.43. The topological polar surface area (TPSA) is 85.3 Å². The third-order valence-corrected chi connectivity index (χ3v) is 3.79. The molecule has 1 fully saturated rings. The van der Waals surface area contributed by atoms with Crippen molar-refractivity contribution in [2.45, 2.75) is 45.6 Å². The minimum absolute atomic E-state index is 0.0155. The quantitative estimate of drug-likeness (QED) is 0.867. The summed E-state index contributed by atoms with van der Waals surface area (Å²) in [5.41, 5.74) is 5.34. The molecule has 2 heterocycles. The second-order valence-corrected chi connectivity index (χ2v) is 5.19. The van der Waals surface area contributed by atoms with Crippen LogP contribution in [0.4, 0.5) is 0 Å². The largest absolute Gasteiger partial charge is 0.369 e. The molecule has 2 rings (SSSR count). The number of likely N-dealkylation sites (tertiary alicyclic amines) is 1. The van der Waals surface area contributed by atoms with E-state index in [4.69, 9.17) is 10.3 Å². The van der Waals surface area contributed by atoms with Crippen LogP contribution in [0.5, 0.6) is 0 Å². The number of amides is 1. The number of aromatic nitrogens is 2. The maximum Gasteiger partial charge on any atom is 0.243 e. The van der Waals surface area contributed by atoms with E-state index in [1.165, 1.54) is 0 Å². The van der Waals surface area contributed by atoms with Crippen LogP contribution in [-0.4, -0.2) is 34.0 Å². The minimum Gasteiger partial charge on any atom is -0.369 e. The van der Waals surface area contributed by atoms with Crippen LogP contribution >= 0.6 is 0 Å². The van der Waals surface area contributed by atoms with Gasteiger partial charge in [-0.2, -0.15) is 4.98 Å². The first-order valence-corrected chi connectivity index (χ1v) is 6.97. The van der Waals surface area contributed by atoms with Crippen molar-refractivity contribution in [1.82, 2.24) is 15.0 Å². The fourth-order valence-corrected chi connectivity index (χ4v) is 2.49. The third kappa shape index (κ3) is 3.32. The van der Waals surface area contributed by atoms with Gasteiger partial charge >= 0.3 is 0 Å². The normalized spacial score (nSPS) is 19.5. The van der Waals surface area contributed by atoms with E-state index in [9.17, 15) is 4.79 Å². The van der Waals surface area contributed by atoms with Gasteiger partial charge in [0.2, 0.25) is 11.8 Å².